The van der Waals surface area contributed by atoms with E-state index in [1.165, 1.54) is 62.5 Å². The highest BCUT2D eigenvalue weighted by Crippen LogP contribution is 2.25. The van der Waals surface area contributed by atoms with E-state index in [0.717, 1.165) is 30.9 Å². The van der Waals surface area contributed by atoms with Crippen molar-refractivity contribution in [3.05, 3.63) is 59.4 Å². The van der Waals surface area contributed by atoms with Gasteiger partial charge >= 0.3 is 0 Å². The van der Waals surface area contributed by atoms with Gasteiger partial charge in [-0.05, 0) is 48.6 Å². The lowest BCUT2D eigenvalue weighted by atomic mass is 9.96. The average Bonchev–Trinajstić information content (AvgIpc) is 2.74. The molecule has 2 rings (SSSR count). The third-order valence-electron chi connectivity index (χ3n) is 5.51. The Morgan fingerprint density at radius 1 is 0.786 bits per heavy atom. The largest absolute Gasteiger partial charge is 0.494 e. The predicted molar refractivity (Wildman–Crippen MR) is 120 cm³/mol. The quantitative estimate of drug-likeness (QED) is 0.313. The molecule has 0 aliphatic rings. The van der Waals surface area contributed by atoms with Crippen molar-refractivity contribution in [3.8, 4) is 5.75 Å². The summed E-state index contributed by atoms with van der Waals surface area (Å²) in [5.41, 5.74) is 3.76. The molecule has 0 saturated heterocycles. The lowest BCUT2D eigenvalue weighted by Gasteiger charge is -2.13. The van der Waals surface area contributed by atoms with Gasteiger partial charge in [0, 0.05) is 17.8 Å². The first-order valence-electron chi connectivity index (χ1n) is 11.4. The first-order valence-corrected chi connectivity index (χ1v) is 11.4. The van der Waals surface area contributed by atoms with E-state index < -0.39 is 0 Å². The van der Waals surface area contributed by atoms with E-state index in [9.17, 15) is 0 Å². The fourth-order valence-electron chi connectivity index (χ4n) is 3.49. The second-order valence-corrected chi connectivity index (χ2v) is 7.96. The Morgan fingerprint density at radius 3 is 2.11 bits per heavy atom. The van der Waals surface area contributed by atoms with Crippen LogP contribution in [0.3, 0.4) is 0 Å². The molecule has 0 bridgehead atoms. The molecule has 1 aromatic carbocycles. The summed E-state index contributed by atoms with van der Waals surface area (Å²) in [6, 6.07) is 13.0. The third kappa shape index (κ3) is 8.04. The first kappa shape index (κ1) is 22.5. The monoisotopic (exact) mass is 381 g/mol. The van der Waals surface area contributed by atoms with Gasteiger partial charge in [-0.1, -0.05) is 83.9 Å². The van der Waals surface area contributed by atoms with Crippen LogP contribution in [0.25, 0.3) is 0 Å². The van der Waals surface area contributed by atoms with E-state index in [1.807, 2.05) is 6.20 Å². The van der Waals surface area contributed by atoms with Gasteiger partial charge in [0.15, 0.2) is 0 Å². The Labute approximate surface area is 172 Å². The molecule has 2 aromatic rings. The molecule has 0 amide bonds. The van der Waals surface area contributed by atoms with E-state index in [-0.39, 0.29) is 0 Å². The van der Waals surface area contributed by atoms with Gasteiger partial charge < -0.3 is 4.74 Å². The summed E-state index contributed by atoms with van der Waals surface area (Å²) in [5, 5.41) is 0. The average molecular weight is 382 g/mol. The van der Waals surface area contributed by atoms with Crippen LogP contribution < -0.4 is 4.74 Å². The molecule has 2 heteroatoms. The third-order valence-corrected chi connectivity index (χ3v) is 5.51. The molecule has 1 heterocycles. The molecular weight excluding hydrogens is 342 g/mol. The van der Waals surface area contributed by atoms with Gasteiger partial charge in [-0.25, -0.2) is 0 Å². The highest BCUT2D eigenvalue weighted by atomic mass is 16.5. The zero-order valence-corrected chi connectivity index (χ0v) is 18.3. The number of unbranched alkanes of at least 4 members (excludes halogenated alkanes) is 7. The summed E-state index contributed by atoms with van der Waals surface area (Å²) in [7, 11) is 0. The minimum atomic E-state index is 0.303. The number of hydrogen-bond acceptors (Lipinski definition) is 2. The van der Waals surface area contributed by atoms with Crippen LogP contribution in [0.1, 0.15) is 101 Å². The Kier molecular flexibility index (Phi) is 10.7. The number of aryl methyl sites for hydroxylation is 1. The number of pyridine rings is 1. The number of rotatable bonds is 14. The summed E-state index contributed by atoms with van der Waals surface area (Å²) in [6.07, 6.45) is 14.8. The van der Waals surface area contributed by atoms with Gasteiger partial charge in [0.1, 0.15) is 5.75 Å². The molecule has 0 saturated carbocycles. The fourth-order valence-corrected chi connectivity index (χ4v) is 3.49. The molecule has 1 aromatic heterocycles. The summed E-state index contributed by atoms with van der Waals surface area (Å²) >= 11 is 0. The van der Waals surface area contributed by atoms with Crippen molar-refractivity contribution in [2.75, 3.05) is 6.61 Å². The maximum absolute atomic E-state index is 5.91. The smallest absolute Gasteiger partial charge is 0.119 e. The Balaban J connectivity index is 1.73. The van der Waals surface area contributed by atoms with Crippen LogP contribution in [0, 0.1) is 0 Å². The zero-order valence-electron chi connectivity index (χ0n) is 18.3. The molecule has 2 nitrogen and oxygen atoms in total. The van der Waals surface area contributed by atoms with E-state index in [2.05, 4.69) is 57.2 Å². The van der Waals surface area contributed by atoms with Gasteiger partial charge in [0.05, 0.1) is 6.61 Å². The van der Waals surface area contributed by atoms with Crippen LogP contribution in [-0.4, -0.2) is 11.6 Å². The van der Waals surface area contributed by atoms with E-state index in [4.69, 9.17) is 9.72 Å². The predicted octanol–water partition coefficient (Wildman–Crippen LogP) is 7.71. The first-order chi connectivity index (χ1) is 13.7. The highest BCUT2D eigenvalue weighted by molar-refractivity contribution is 5.33. The normalized spacial score (nSPS) is 12.1. The number of benzene rings is 1. The molecular formula is C26H39NO. The molecule has 28 heavy (non-hydrogen) atoms. The van der Waals surface area contributed by atoms with Gasteiger partial charge in [-0.3, -0.25) is 4.98 Å². The second kappa shape index (κ2) is 13.4. The van der Waals surface area contributed by atoms with E-state index in [1.54, 1.807) is 0 Å². The lowest BCUT2D eigenvalue weighted by Crippen LogP contribution is -2.01. The molecule has 0 radical (unpaired) electrons. The fraction of sp³-hybridized carbons (Fsp3) is 0.577. The summed E-state index contributed by atoms with van der Waals surface area (Å²) in [5.74, 6) is 1.28. The molecule has 0 N–H and O–H groups in total. The van der Waals surface area contributed by atoms with E-state index >= 15 is 0 Å². The van der Waals surface area contributed by atoms with Crippen molar-refractivity contribution in [1.29, 1.82) is 0 Å². The van der Waals surface area contributed by atoms with Crippen molar-refractivity contribution in [3.63, 3.8) is 0 Å². The van der Waals surface area contributed by atoms with Crippen LogP contribution in [0.4, 0.5) is 0 Å². The van der Waals surface area contributed by atoms with Crippen molar-refractivity contribution < 1.29 is 4.74 Å². The molecule has 0 spiro atoms. The number of aromatic nitrogens is 1. The van der Waals surface area contributed by atoms with Crippen LogP contribution in [0.5, 0.6) is 5.75 Å². The summed E-state index contributed by atoms with van der Waals surface area (Å²) in [6.45, 7) is 7.54. The maximum atomic E-state index is 5.91. The SMILES string of the molecule is CCCCCCCCCOc1ccc(C(C)c2ccc(CCCC)cn2)cc1. The van der Waals surface area contributed by atoms with Gasteiger partial charge in [0.2, 0.25) is 0 Å². The summed E-state index contributed by atoms with van der Waals surface area (Å²) < 4.78 is 5.91. The maximum Gasteiger partial charge on any atom is 0.119 e. The number of ether oxygens (including phenoxy) is 1. The van der Waals surface area contributed by atoms with Crippen molar-refractivity contribution in [1.82, 2.24) is 4.98 Å². The number of nitrogens with zero attached hydrogens (tertiary/aromatic N) is 1. The standard InChI is InChI=1S/C26H39NO/c1-4-6-8-9-10-11-12-20-28-25-17-15-24(16-18-25)22(3)26-19-14-23(21-27-26)13-7-5-2/h14-19,21-22H,4-13,20H2,1-3H3. The number of hydrogen-bond donors (Lipinski definition) is 0. The molecule has 1 unspecified atom stereocenters. The van der Waals surface area contributed by atoms with Gasteiger partial charge in [-0.15, -0.1) is 0 Å². The minimum Gasteiger partial charge on any atom is -0.494 e. The molecule has 0 fully saturated rings. The zero-order chi connectivity index (χ0) is 20.0. The van der Waals surface area contributed by atoms with Crippen LogP contribution in [-0.2, 0) is 6.42 Å². The van der Waals surface area contributed by atoms with Gasteiger partial charge in [0.25, 0.3) is 0 Å². The molecule has 154 valence electrons. The molecule has 0 aliphatic heterocycles. The summed E-state index contributed by atoms with van der Waals surface area (Å²) in [4.78, 5) is 4.70. The van der Waals surface area contributed by atoms with Crippen molar-refractivity contribution in [2.45, 2.75) is 90.9 Å². The van der Waals surface area contributed by atoms with Crippen LogP contribution >= 0.6 is 0 Å². The minimum absolute atomic E-state index is 0.303. The second-order valence-electron chi connectivity index (χ2n) is 7.96. The molecule has 1 atom stereocenters. The Hall–Kier alpha value is -1.83. The van der Waals surface area contributed by atoms with E-state index in [0.29, 0.717) is 5.92 Å². The van der Waals surface area contributed by atoms with Crippen molar-refractivity contribution >= 4 is 0 Å². The van der Waals surface area contributed by atoms with Crippen LogP contribution in [0.2, 0.25) is 0 Å². The van der Waals surface area contributed by atoms with Crippen molar-refractivity contribution in [2.24, 2.45) is 0 Å². The Morgan fingerprint density at radius 2 is 1.46 bits per heavy atom. The van der Waals surface area contributed by atoms with Crippen LogP contribution in [0.15, 0.2) is 42.6 Å². The topological polar surface area (TPSA) is 22.1 Å². The Bertz CT molecular complexity index is 632. The van der Waals surface area contributed by atoms with Gasteiger partial charge in [-0.2, -0.15) is 0 Å². The molecule has 0 aliphatic carbocycles. The highest BCUT2D eigenvalue weighted by Gasteiger charge is 2.10. The lowest BCUT2D eigenvalue weighted by molar-refractivity contribution is 0.304.